The fourth-order valence-electron chi connectivity index (χ4n) is 8.17. The molecule has 66 heavy (non-hydrogen) atoms. The van der Waals surface area contributed by atoms with E-state index in [1.54, 1.807) is 0 Å². The number of aliphatic hydroxyl groups excluding tert-OH is 2. The molecule has 0 rings (SSSR count). The maximum atomic E-state index is 13.2. The van der Waals surface area contributed by atoms with Crippen LogP contribution in [0.15, 0.2) is 85.1 Å². The Labute approximate surface area is 408 Å². The molecule has 380 valence electrons. The zero-order valence-electron chi connectivity index (χ0n) is 43.3. The van der Waals surface area contributed by atoms with E-state index in [0.717, 1.165) is 64.2 Å². The molecule has 0 bridgehead atoms. The Hall–Kier alpha value is -2.96. The third-order valence-corrected chi connectivity index (χ3v) is 12.4. The summed E-state index contributed by atoms with van der Waals surface area (Å²) < 4.78 is 5.91. The molecule has 6 heteroatoms. The molecule has 3 atom stereocenters. The van der Waals surface area contributed by atoms with E-state index in [9.17, 15) is 19.8 Å². The highest BCUT2D eigenvalue weighted by atomic mass is 16.5. The fraction of sp³-hybridized carbons (Fsp3) is 0.733. The van der Waals surface area contributed by atoms with Crippen molar-refractivity contribution in [2.75, 3.05) is 6.61 Å². The summed E-state index contributed by atoms with van der Waals surface area (Å²) in [6.45, 7) is 6.33. The highest BCUT2D eigenvalue weighted by Gasteiger charge is 2.24. The van der Waals surface area contributed by atoms with E-state index in [1.807, 2.05) is 60.8 Å². The van der Waals surface area contributed by atoms with Gasteiger partial charge in [-0.3, -0.25) is 9.59 Å². The summed E-state index contributed by atoms with van der Waals surface area (Å²) in [7, 11) is 0. The highest BCUT2D eigenvalue weighted by molar-refractivity contribution is 5.77. The van der Waals surface area contributed by atoms with Crippen molar-refractivity contribution >= 4 is 11.9 Å². The van der Waals surface area contributed by atoms with Gasteiger partial charge in [-0.05, 0) is 64.2 Å². The molecule has 1 amide bonds. The Kier molecular flexibility index (Phi) is 50.6. The van der Waals surface area contributed by atoms with Gasteiger partial charge in [-0.25, -0.2) is 0 Å². The van der Waals surface area contributed by atoms with E-state index in [-0.39, 0.29) is 24.9 Å². The summed E-state index contributed by atoms with van der Waals surface area (Å²) in [5, 5.41) is 23.8. The first-order chi connectivity index (χ1) is 32.5. The predicted molar refractivity (Wildman–Crippen MR) is 287 cm³/mol. The van der Waals surface area contributed by atoms with Crippen molar-refractivity contribution in [2.24, 2.45) is 0 Å². The Balaban J connectivity index is 4.69. The van der Waals surface area contributed by atoms with Crippen LogP contribution in [0, 0.1) is 0 Å². The molecule has 0 saturated heterocycles. The number of aliphatic hydroxyl groups is 2. The van der Waals surface area contributed by atoms with Gasteiger partial charge in [-0.1, -0.05) is 266 Å². The summed E-state index contributed by atoms with van der Waals surface area (Å²) in [5.41, 5.74) is 0. The molecule has 0 fully saturated rings. The maximum absolute atomic E-state index is 13.2. The van der Waals surface area contributed by atoms with Crippen molar-refractivity contribution in [1.82, 2.24) is 5.32 Å². The molecule has 6 nitrogen and oxygen atoms in total. The second-order valence-electron chi connectivity index (χ2n) is 18.8. The number of nitrogens with one attached hydrogen (secondary N) is 1. The van der Waals surface area contributed by atoms with Gasteiger partial charge in [0.2, 0.25) is 5.91 Å². The number of carbonyl (C=O) groups is 2. The van der Waals surface area contributed by atoms with E-state index < -0.39 is 18.2 Å². The van der Waals surface area contributed by atoms with Gasteiger partial charge in [0.05, 0.1) is 25.2 Å². The molecule has 3 unspecified atom stereocenters. The van der Waals surface area contributed by atoms with Crippen molar-refractivity contribution < 1.29 is 24.5 Å². The second-order valence-corrected chi connectivity index (χ2v) is 18.8. The lowest BCUT2D eigenvalue weighted by atomic mass is 10.0. The molecular weight excluding hydrogens is 815 g/mol. The van der Waals surface area contributed by atoms with Gasteiger partial charge < -0.3 is 20.3 Å². The molecule has 0 radical (unpaired) electrons. The first kappa shape index (κ1) is 63.0. The Morgan fingerprint density at radius 3 is 1.30 bits per heavy atom. The van der Waals surface area contributed by atoms with Crippen molar-refractivity contribution in [3.05, 3.63) is 85.1 Å². The van der Waals surface area contributed by atoms with Gasteiger partial charge in [0.1, 0.15) is 6.10 Å². The molecular formula is C60H105NO5. The Bertz CT molecular complexity index is 1260. The van der Waals surface area contributed by atoms with Crippen LogP contribution in [-0.4, -0.2) is 46.9 Å². The standard InChI is InChI=1S/C60H105NO5/c1-4-7-10-13-16-19-22-25-28-29-30-32-35-38-41-44-47-50-53-60(65)66-56(51-48-45-42-39-36-33-31-26-23-20-17-14-11-8-5-2)54-59(64)61-57(55-62)58(63)52-49-46-43-40-37-34-27-24-21-18-15-12-9-6-3/h8,11,14,17,20,23,26,30-33,36,39,42,56-58,62-63H,4-7,9-10,12-13,15-16,18-19,21-22,24-25,27-29,34-35,37-38,40-41,43-55H2,1-3H3,(H,61,64)/b11-8-,17-14+,23-20+,31-26-,32-30+,36-33+,42-39+. The van der Waals surface area contributed by atoms with Gasteiger partial charge in [0.25, 0.3) is 0 Å². The van der Waals surface area contributed by atoms with Crippen molar-refractivity contribution in [3.63, 3.8) is 0 Å². The number of allylic oxidation sites excluding steroid dienone is 14. The van der Waals surface area contributed by atoms with Crippen LogP contribution in [0.25, 0.3) is 0 Å². The lowest BCUT2D eigenvalue weighted by Gasteiger charge is -2.24. The minimum absolute atomic E-state index is 0.0203. The van der Waals surface area contributed by atoms with Crippen LogP contribution in [-0.2, 0) is 14.3 Å². The third-order valence-electron chi connectivity index (χ3n) is 12.4. The molecule has 0 aromatic carbocycles. The zero-order chi connectivity index (χ0) is 48.1. The number of ether oxygens (including phenoxy) is 1. The van der Waals surface area contributed by atoms with Crippen LogP contribution in [0.5, 0.6) is 0 Å². The first-order valence-electron chi connectivity index (χ1n) is 27.9. The van der Waals surface area contributed by atoms with E-state index in [2.05, 4.69) is 50.4 Å². The molecule has 0 aliphatic rings. The van der Waals surface area contributed by atoms with E-state index in [0.29, 0.717) is 19.3 Å². The zero-order valence-corrected chi connectivity index (χ0v) is 43.3. The Morgan fingerprint density at radius 1 is 0.455 bits per heavy atom. The van der Waals surface area contributed by atoms with Gasteiger partial charge in [0.15, 0.2) is 0 Å². The minimum atomic E-state index is -0.813. The number of esters is 1. The predicted octanol–water partition coefficient (Wildman–Crippen LogP) is 17.1. The first-order valence-corrected chi connectivity index (χ1v) is 27.9. The van der Waals surface area contributed by atoms with E-state index >= 15 is 0 Å². The van der Waals surface area contributed by atoms with Gasteiger partial charge in [0, 0.05) is 6.42 Å². The van der Waals surface area contributed by atoms with E-state index in [4.69, 9.17) is 4.74 Å². The molecule has 0 aliphatic heterocycles. The SMILES string of the molecule is CC\C=C/C=C/C=C/C=C\C=C\C=C\CCCC(CC(=O)NC(CO)C(O)CCCCCCCCCCCCCCCC)OC(=O)CCCCCCC/C=C/CCCCCCCCCCC. The second kappa shape index (κ2) is 53.0. The minimum Gasteiger partial charge on any atom is -0.462 e. The molecule has 0 aromatic rings. The van der Waals surface area contributed by atoms with Crippen LogP contribution >= 0.6 is 0 Å². The van der Waals surface area contributed by atoms with Gasteiger partial charge >= 0.3 is 5.97 Å². The number of hydrogen-bond donors (Lipinski definition) is 3. The maximum Gasteiger partial charge on any atom is 0.306 e. The molecule has 0 spiro atoms. The Morgan fingerprint density at radius 2 is 0.848 bits per heavy atom. The number of carbonyl (C=O) groups excluding carboxylic acids is 2. The normalized spacial score (nSPS) is 13.8. The van der Waals surface area contributed by atoms with Gasteiger partial charge in [-0.2, -0.15) is 0 Å². The van der Waals surface area contributed by atoms with E-state index in [1.165, 1.54) is 148 Å². The monoisotopic (exact) mass is 920 g/mol. The lowest BCUT2D eigenvalue weighted by Crippen LogP contribution is -2.46. The topological polar surface area (TPSA) is 95.9 Å². The fourth-order valence-corrected chi connectivity index (χ4v) is 8.17. The summed E-state index contributed by atoms with van der Waals surface area (Å²) in [4.78, 5) is 26.2. The van der Waals surface area contributed by atoms with Crippen LogP contribution in [0.1, 0.15) is 258 Å². The summed E-state index contributed by atoms with van der Waals surface area (Å²) in [5.74, 6) is -0.558. The average Bonchev–Trinajstić information content (AvgIpc) is 3.31. The highest BCUT2D eigenvalue weighted by Crippen LogP contribution is 2.17. The lowest BCUT2D eigenvalue weighted by molar-refractivity contribution is -0.151. The van der Waals surface area contributed by atoms with Crippen molar-refractivity contribution in [2.45, 2.75) is 277 Å². The number of hydrogen-bond acceptors (Lipinski definition) is 5. The van der Waals surface area contributed by atoms with Gasteiger partial charge in [-0.15, -0.1) is 0 Å². The molecule has 0 saturated carbocycles. The average molecular weight is 921 g/mol. The smallest absolute Gasteiger partial charge is 0.306 e. The molecule has 0 heterocycles. The van der Waals surface area contributed by atoms with Crippen LogP contribution in [0.4, 0.5) is 0 Å². The van der Waals surface area contributed by atoms with Crippen LogP contribution in [0.2, 0.25) is 0 Å². The molecule has 3 N–H and O–H groups in total. The quantitative estimate of drug-likeness (QED) is 0.0245. The van der Waals surface area contributed by atoms with Crippen LogP contribution in [0.3, 0.4) is 0 Å². The third kappa shape index (κ3) is 47.5. The largest absolute Gasteiger partial charge is 0.462 e. The number of rotatable bonds is 49. The van der Waals surface area contributed by atoms with Crippen molar-refractivity contribution in [1.29, 1.82) is 0 Å². The van der Waals surface area contributed by atoms with Crippen molar-refractivity contribution in [3.8, 4) is 0 Å². The number of amides is 1. The number of unbranched alkanes of at least 4 members (excludes halogenated alkanes) is 28. The molecule has 0 aliphatic carbocycles. The van der Waals surface area contributed by atoms with Crippen LogP contribution < -0.4 is 5.32 Å². The molecule has 0 aromatic heterocycles. The summed E-state index contributed by atoms with van der Waals surface area (Å²) in [6.07, 6.45) is 69.4. The summed E-state index contributed by atoms with van der Waals surface area (Å²) in [6, 6.07) is -0.732. The summed E-state index contributed by atoms with van der Waals surface area (Å²) >= 11 is 0.